The predicted octanol–water partition coefficient (Wildman–Crippen LogP) is 4.56. The van der Waals surface area contributed by atoms with Gasteiger partial charge in [-0.2, -0.15) is 0 Å². The number of rotatable bonds is 13. The van der Waals surface area contributed by atoms with Crippen molar-refractivity contribution < 1.29 is 19.4 Å². The Morgan fingerprint density at radius 3 is 1.71 bits per heavy atom. The molecule has 0 saturated carbocycles. The van der Waals surface area contributed by atoms with E-state index in [1.54, 1.807) is 0 Å². The van der Waals surface area contributed by atoms with Gasteiger partial charge in [0.15, 0.2) is 5.41 Å². The number of carboxylic acid groups (broad SMARTS) is 1. The summed E-state index contributed by atoms with van der Waals surface area (Å²) in [5, 5.41) is 9.18. The number of carboxylic acids is 1. The highest BCUT2D eigenvalue weighted by molar-refractivity contribution is 5.98. The molecule has 0 rings (SSSR count). The summed E-state index contributed by atoms with van der Waals surface area (Å²) < 4.78 is 4.60. The molecule has 1 unspecified atom stereocenters. The van der Waals surface area contributed by atoms with Gasteiger partial charge in [-0.05, 0) is 13.3 Å². The lowest BCUT2D eigenvalue weighted by molar-refractivity contribution is -0.166. The van der Waals surface area contributed by atoms with Crippen LogP contribution in [-0.2, 0) is 14.3 Å². The van der Waals surface area contributed by atoms with E-state index in [-0.39, 0.29) is 0 Å². The highest BCUT2D eigenvalue weighted by Gasteiger charge is 2.41. The van der Waals surface area contributed by atoms with Crippen molar-refractivity contribution in [3.63, 3.8) is 0 Å². The first-order chi connectivity index (χ1) is 9.99. The number of aliphatic carboxylic acids is 1. The highest BCUT2D eigenvalue weighted by Crippen LogP contribution is 2.27. The summed E-state index contributed by atoms with van der Waals surface area (Å²) in [6.07, 6.45) is 12.3. The molecule has 1 N–H and O–H groups in total. The van der Waals surface area contributed by atoms with Crippen molar-refractivity contribution in [3.8, 4) is 0 Å². The monoisotopic (exact) mass is 300 g/mol. The molecule has 0 heterocycles. The summed E-state index contributed by atoms with van der Waals surface area (Å²) in [7, 11) is 1.24. The zero-order valence-corrected chi connectivity index (χ0v) is 14.0. The lowest BCUT2D eigenvalue weighted by atomic mass is 9.84. The number of hydrogen-bond acceptors (Lipinski definition) is 3. The zero-order valence-electron chi connectivity index (χ0n) is 14.0. The predicted molar refractivity (Wildman–Crippen MR) is 84.2 cm³/mol. The van der Waals surface area contributed by atoms with E-state index in [0.717, 1.165) is 19.3 Å². The third kappa shape index (κ3) is 8.08. The summed E-state index contributed by atoms with van der Waals surface area (Å²) in [6, 6.07) is 0. The van der Waals surface area contributed by atoms with E-state index in [9.17, 15) is 14.7 Å². The number of carbonyl (C=O) groups excluding carboxylic acids is 1. The minimum atomic E-state index is -1.39. The second kappa shape index (κ2) is 11.6. The Hall–Kier alpha value is -1.06. The maximum atomic E-state index is 11.6. The van der Waals surface area contributed by atoms with Crippen molar-refractivity contribution in [1.29, 1.82) is 0 Å². The third-order valence-electron chi connectivity index (χ3n) is 4.14. The van der Waals surface area contributed by atoms with E-state index in [2.05, 4.69) is 11.7 Å². The van der Waals surface area contributed by atoms with E-state index in [1.165, 1.54) is 59.0 Å². The van der Waals surface area contributed by atoms with E-state index >= 15 is 0 Å². The summed E-state index contributed by atoms with van der Waals surface area (Å²) in [5.74, 6) is -1.74. The highest BCUT2D eigenvalue weighted by atomic mass is 16.5. The standard InChI is InChI=1S/C17H32O4/c1-4-5-6-7-8-9-10-11-12-13-14-17(2,15(18)19)16(20)21-3/h4-14H2,1-3H3,(H,18,19). The van der Waals surface area contributed by atoms with Crippen molar-refractivity contribution in [2.75, 3.05) is 7.11 Å². The number of carbonyl (C=O) groups is 2. The van der Waals surface area contributed by atoms with Gasteiger partial charge in [-0.25, -0.2) is 0 Å². The molecule has 0 spiro atoms. The summed E-state index contributed by atoms with van der Waals surface area (Å²) >= 11 is 0. The molecule has 0 fully saturated rings. The summed E-state index contributed by atoms with van der Waals surface area (Å²) in [5.41, 5.74) is -1.39. The third-order valence-corrected chi connectivity index (χ3v) is 4.14. The van der Waals surface area contributed by atoms with Gasteiger partial charge in [0.1, 0.15) is 0 Å². The van der Waals surface area contributed by atoms with Crippen molar-refractivity contribution >= 4 is 11.9 Å². The number of unbranched alkanes of at least 4 members (excludes halogenated alkanes) is 9. The molecule has 4 heteroatoms. The van der Waals surface area contributed by atoms with Gasteiger partial charge in [0.25, 0.3) is 0 Å². The van der Waals surface area contributed by atoms with Gasteiger partial charge in [0.05, 0.1) is 7.11 Å². The molecular weight excluding hydrogens is 268 g/mol. The van der Waals surface area contributed by atoms with E-state index in [4.69, 9.17) is 0 Å². The molecule has 0 aromatic rings. The first kappa shape index (κ1) is 19.9. The van der Waals surface area contributed by atoms with Crippen molar-refractivity contribution in [3.05, 3.63) is 0 Å². The Morgan fingerprint density at radius 1 is 0.905 bits per heavy atom. The molecular formula is C17H32O4. The number of ether oxygens (including phenoxy) is 1. The van der Waals surface area contributed by atoms with Gasteiger partial charge >= 0.3 is 11.9 Å². The molecule has 21 heavy (non-hydrogen) atoms. The van der Waals surface area contributed by atoms with Gasteiger partial charge in [0, 0.05) is 0 Å². The lowest BCUT2D eigenvalue weighted by Gasteiger charge is -2.21. The largest absolute Gasteiger partial charge is 0.480 e. The number of esters is 1. The van der Waals surface area contributed by atoms with Gasteiger partial charge < -0.3 is 9.84 Å². The minimum Gasteiger partial charge on any atom is -0.480 e. The molecule has 124 valence electrons. The van der Waals surface area contributed by atoms with E-state index in [0.29, 0.717) is 6.42 Å². The van der Waals surface area contributed by atoms with Crippen LogP contribution in [0.2, 0.25) is 0 Å². The fourth-order valence-corrected chi connectivity index (χ4v) is 2.49. The SMILES string of the molecule is CCCCCCCCCCCCC(C)(C(=O)O)C(=O)OC. The van der Waals surface area contributed by atoms with Gasteiger partial charge in [-0.3, -0.25) is 9.59 Å². The molecule has 0 radical (unpaired) electrons. The molecule has 0 aliphatic carbocycles. The van der Waals surface area contributed by atoms with Crippen LogP contribution >= 0.6 is 0 Å². The first-order valence-electron chi connectivity index (χ1n) is 8.30. The molecule has 0 aliphatic heterocycles. The fourth-order valence-electron chi connectivity index (χ4n) is 2.49. The van der Waals surface area contributed by atoms with Crippen LogP contribution < -0.4 is 0 Å². The fraction of sp³-hybridized carbons (Fsp3) is 0.882. The molecule has 1 atom stereocenters. The average molecular weight is 300 g/mol. The molecule has 0 aliphatic rings. The van der Waals surface area contributed by atoms with Crippen LogP contribution in [0, 0.1) is 5.41 Å². The van der Waals surface area contributed by atoms with Gasteiger partial charge in [-0.1, -0.05) is 71.1 Å². The van der Waals surface area contributed by atoms with Crippen molar-refractivity contribution in [1.82, 2.24) is 0 Å². The van der Waals surface area contributed by atoms with Crippen LogP contribution in [0.25, 0.3) is 0 Å². The summed E-state index contributed by atoms with van der Waals surface area (Å²) in [6.45, 7) is 3.67. The quantitative estimate of drug-likeness (QED) is 0.307. The maximum absolute atomic E-state index is 11.6. The molecule has 4 nitrogen and oxygen atoms in total. The first-order valence-corrected chi connectivity index (χ1v) is 8.30. The number of hydrogen-bond donors (Lipinski definition) is 1. The minimum absolute atomic E-state index is 0.353. The Kier molecular flexibility index (Phi) is 11.0. The second-order valence-corrected chi connectivity index (χ2v) is 6.06. The zero-order chi connectivity index (χ0) is 16.1. The van der Waals surface area contributed by atoms with Crippen LogP contribution in [0.15, 0.2) is 0 Å². The Balaban J connectivity index is 3.69. The topological polar surface area (TPSA) is 63.6 Å². The van der Waals surface area contributed by atoms with Crippen LogP contribution in [0.3, 0.4) is 0 Å². The van der Waals surface area contributed by atoms with Gasteiger partial charge in [0.2, 0.25) is 0 Å². The Labute approximate surface area is 129 Å². The van der Waals surface area contributed by atoms with E-state index in [1.807, 2.05) is 0 Å². The molecule has 0 aromatic carbocycles. The van der Waals surface area contributed by atoms with Crippen LogP contribution in [0.4, 0.5) is 0 Å². The normalized spacial score (nSPS) is 13.7. The lowest BCUT2D eigenvalue weighted by Crippen LogP contribution is -2.37. The second-order valence-electron chi connectivity index (χ2n) is 6.06. The van der Waals surface area contributed by atoms with Crippen LogP contribution in [-0.4, -0.2) is 24.2 Å². The Bertz CT molecular complexity index is 301. The maximum Gasteiger partial charge on any atom is 0.322 e. The molecule has 0 amide bonds. The Morgan fingerprint density at radius 2 is 1.33 bits per heavy atom. The summed E-state index contributed by atoms with van der Waals surface area (Å²) in [4.78, 5) is 22.8. The van der Waals surface area contributed by atoms with Crippen molar-refractivity contribution in [2.45, 2.75) is 84.5 Å². The van der Waals surface area contributed by atoms with E-state index < -0.39 is 17.4 Å². The molecule has 0 bridgehead atoms. The van der Waals surface area contributed by atoms with Crippen LogP contribution in [0.1, 0.15) is 84.5 Å². The average Bonchev–Trinajstić information content (AvgIpc) is 2.47. The van der Waals surface area contributed by atoms with Gasteiger partial charge in [-0.15, -0.1) is 0 Å². The number of methoxy groups -OCH3 is 1. The molecule has 0 aromatic heterocycles. The van der Waals surface area contributed by atoms with Crippen molar-refractivity contribution in [2.24, 2.45) is 5.41 Å². The molecule has 0 saturated heterocycles. The smallest absolute Gasteiger partial charge is 0.322 e. The van der Waals surface area contributed by atoms with Crippen LogP contribution in [0.5, 0.6) is 0 Å².